The molecular weight excluding hydrogens is 300 g/mol. The van der Waals surface area contributed by atoms with Crippen LogP contribution in [0.5, 0.6) is 0 Å². The summed E-state index contributed by atoms with van der Waals surface area (Å²) in [5.41, 5.74) is 1.76. The Balaban J connectivity index is 1.62. The highest BCUT2D eigenvalue weighted by molar-refractivity contribution is 6.31. The Labute approximate surface area is 135 Å². The highest BCUT2D eigenvalue weighted by atomic mass is 35.5. The number of hydrogen-bond donors (Lipinski definition) is 0. The topological polar surface area (TPSA) is 36.7 Å². The van der Waals surface area contributed by atoms with Gasteiger partial charge in [0.1, 0.15) is 6.26 Å². The molecule has 1 atom stereocenters. The third-order valence-corrected chi connectivity index (χ3v) is 4.62. The Bertz CT molecular complexity index is 634. The van der Waals surface area contributed by atoms with Crippen molar-refractivity contribution in [3.63, 3.8) is 0 Å². The summed E-state index contributed by atoms with van der Waals surface area (Å²) in [6.07, 6.45) is 3.03. The highest BCUT2D eigenvalue weighted by Crippen LogP contribution is 2.27. The van der Waals surface area contributed by atoms with Crippen molar-refractivity contribution in [2.75, 3.05) is 26.2 Å². The lowest BCUT2D eigenvalue weighted by Crippen LogP contribution is -2.49. The second kappa shape index (κ2) is 6.55. The Morgan fingerprint density at radius 3 is 2.55 bits per heavy atom. The van der Waals surface area contributed by atoms with Crippen LogP contribution in [-0.4, -0.2) is 41.9 Å². The van der Waals surface area contributed by atoms with Crippen LogP contribution in [0.15, 0.2) is 47.3 Å². The lowest BCUT2D eigenvalue weighted by atomic mass is 10.1. The minimum absolute atomic E-state index is 0.0406. The maximum atomic E-state index is 12.3. The van der Waals surface area contributed by atoms with Crippen molar-refractivity contribution in [3.05, 3.63) is 59.0 Å². The SMILES string of the molecule is CC(c1ccccc1Cl)N1CCN(C(=O)c2ccoc2)CC1. The van der Waals surface area contributed by atoms with Gasteiger partial charge in [-0.1, -0.05) is 29.8 Å². The van der Waals surface area contributed by atoms with Crippen molar-refractivity contribution in [3.8, 4) is 0 Å². The summed E-state index contributed by atoms with van der Waals surface area (Å²) >= 11 is 6.28. The van der Waals surface area contributed by atoms with Crippen molar-refractivity contribution in [1.82, 2.24) is 9.80 Å². The largest absolute Gasteiger partial charge is 0.472 e. The number of amides is 1. The molecule has 1 aromatic heterocycles. The summed E-state index contributed by atoms with van der Waals surface area (Å²) in [6, 6.07) is 9.90. The van der Waals surface area contributed by atoms with Gasteiger partial charge in [0.05, 0.1) is 11.8 Å². The zero-order chi connectivity index (χ0) is 15.5. The van der Waals surface area contributed by atoms with E-state index in [1.165, 1.54) is 12.5 Å². The van der Waals surface area contributed by atoms with Gasteiger partial charge in [-0.05, 0) is 24.6 Å². The molecule has 1 aromatic carbocycles. The standard InChI is InChI=1S/C17H19ClN2O2/c1-13(15-4-2-3-5-16(15)18)19-7-9-20(10-8-19)17(21)14-6-11-22-12-14/h2-6,11-13H,7-10H2,1H3. The van der Waals surface area contributed by atoms with Crippen molar-refractivity contribution >= 4 is 17.5 Å². The summed E-state index contributed by atoms with van der Waals surface area (Å²) in [5, 5.41) is 0.798. The lowest BCUT2D eigenvalue weighted by Gasteiger charge is -2.38. The van der Waals surface area contributed by atoms with E-state index in [0.717, 1.165) is 36.8 Å². The number of rotatable bonds is 3. The van der Waals surface area contributed by atoms with Gasteiger partial charge in [0.15, 0.2) is 0 Å². The average molecular weight is 319 g/mol. The Kier molecular flexibility index (Phi) is 4.50. The van der Waals surface area contributed by atoms with Gasteiger partial charge in [-0.15, -0.1) is 0 Å². The minimum atomic E-state index is 0.0406. The van der Waals surface area contributed by atoms with Crippen LogP contribution in [0.1, 0.15) is 28.9 Å². The summed E-state index contributed by atoms with van der Waals surface area (Å²) in [7, 11) is 0. The second-order valence-electron chi connectivity index (χ2n) is 5.54. The molecule has 0 radical (unpaired) electrons. The van der Waals surface area contributed by atoms with E-state index >= 15 is 0 Å². The summed E-state index contributed by atoms with van der Waals surface area (Å²) in [6.45, 7) is 5.29. The van der Waals surface area contributed by atoms with E-state index in [2.05, 4.69) is 17.9 Å². The molecule has 0 bridgehead atoms. The third-order valence-electron chi connectivity index (χ3n) is 4.27. The van der Waals surface area contributed by atoms with Crippen molar-refractivity contribution in [1.29, 1.82) is 0 Å². The predicted octanol–water partition coefficient (Wildman–Crippen LogP) is 3.45. The minimum Gasteiger partial charge on any atom is -0.472 e. The molecule has 116 valence electrons. The molecule has 2 aromatic rings. The Morgan fingerprint density at radius 1 is 1.18 bits per heavy atom. The Morgan fingerprint density at radius 2 is 1.91 bits per heavy atom. The second-order valence-corrected chi connectivity index (χ2v) is 5.94. The summed E-state index contributed by atoms with van der Waals surface area (Å²) in [4.78, 5) is 16.5. The number of nitrogens with zero attached hydrogens (tertiary/aromatic N) is 2. The van der Waals surface area contributed by atoms with Crippen LogP contribution in [-0.2, 0) is 0 Å². The van der Waals surface area contributed by atoms with E-state index in [9.17, 15) is 4.79 Å². The maximum absolute atomic E-state index is 12.3. The van der Waals surface area contributed by atoms with Crippen LogP contribution in [0.2, 0.25) is 5.02 Å². The lowest BCUT2D eigenvalue weighted by molar-refractivity contribution is 0.0581. The monoisotopic (exact) mass is 318 g/mol. The van der Waals surface area contributed by atoms with Gasteiger partial charge < -0.3 is 9.32 Å². The number of furan rings is 1. The number of carbonyl (C=O) groups is 1. The molecule has 1 unspecified atom stereocenters. The molecule has 4 nitrogen and oxygen atoms in total. The fraction of sp³-hybridized carbons (Fsp3) is 0.353. The number of carbonyl (C=O) groups excluding carboxylic acids is 1. The normalized spacial score (nSPS) is 17.5. The molecule has 2 heterocycles. The molecule has 0 spiro atoms. The first-order chi connectivity index (χ1) is 10.7. The molecular formula is C17H19ClN2O2. The van der Waals surface area contributed by atoms with E-state index in [4.69, 9.17) is 16.0 Å². The molecule has 1 fully saturated rings. The summed E-state index contributed by atoms with van der Waals surface area (Å²) < 4.78 is 4.98. The number of benzene rings is 1. The van der Waals surface area contributed by atoms with Gasteiger partial charge in [0.25, 0.3) is 5.91 Å². The van der Waals surface area contributed by atoms with E-state index in [1.54, 1.807) is 6.07 Å². The first kappa shape index (κ1) is 15.1. The van der Waals surface area contributed by atoms with E-state index in [1.807, 2.05) is 23.1 Å². The first-order valence-electron chi connectivity index (χ1n) is 7.47. The molecule has 5 heteroatoms. The fourth-order valence-corrected chi connectivity index (χ4v) is 3.19. The first-order valence-corrected chi connectivity index (χ1v) is 7.84. The van der Waals surface area contributed by atoms with Gasteiger partial charge in [-0.25, -0.2) is 0 Å². The smallest absolute Gasteiger partial charge is 0.257 e. The number of hydrogen-bond acceptors (Lipinski definition) is 3. The van der Waals surface area contributed by atoms with Gasteiger partial charge in [0, 0.05) is 37.2 Å². The van der Waals surface area contributed by atoms with Crippen LogP contribution in [0.4, 0.5) is 0 Å². The molecule has 1 aliphatic heterocycles. The molecule has 0 N–H and O–H groups in total. The van der Waals surface area contributed by atoms with Crippen molar-refractivity contribution in [2.45, 2.75) is 13.0 Å². The average Bonchev–Trinajstić information content (AvgIpc) is 3.09. The van der Waals surface area contributed by atoms with Crippen LogP contribution in [0.3, 0.4) is 0 Å². The maximum Gasteiger partial charge on any atom is 0.257 e. The van der Waals surface area contributed by atoms with Crippen LogP contribution < -0.4 is 0 Å². The fourth-order valence-electron chi connectivity index (χ4n) is 2.89. The quantitative estimate of drug-likeness (QED) is 0.869. The predicted molar refractivity (Wildman–Crippen MR) is 86.1 cm³/mol. The summed E-state index contributed by atoms with van der Waals surface area (Å²) in [5.74, 6) is 0.0406. The number of halogens is 1. The molecule has 3 rings (SSSR count). The molecule has 22 heavy (non-hydrogen) atoms. The van der Waals surface area contributed by atoms with Gasteiger partial charge in [-0.3, -0.25) is 9.69 Å². The molecule has 0 aliphatic carbocycles. The van der Waals surface area contributed by atoms with Crippen molar-refractivity contribution in [2.24, 2.45) is 0 Å². The van der Waals surface area contributed by atoms with E-state index < -0.39 is 0 Å². The molecule has 1 aliphatic rings. The van der Waals surface area contributed by atoms with Crippen molar-refractivity contribution < 1.29 is 9.21 Å². The molecule has 1 amide bonds. The van der Waals surface area contributed by atoms with E-state index in [-0.39, 0.29) is 11.9 Å². The van der Waals surface area contributed by atoms with E-state index in [0.29, 0.717) is 5.56 Å². The van der Waals surface area contributed by atoms with Gasteiger partial charge in [0.2, 0.25) is 0 Å². The highest BCUT2D eigenvalue weighted by Gasteiger charge is 2.26. The third kappa shape index (κ3) is 3.03. The number of piperazine rings is 1. The molecule has 0 saturated carbocycles. The molecule has 1 saturated heterocycles. The zero-order valence-electron chi connectivity index (χ0n) is 12.5. The Hall–Kier alpha value is -1.78. The van der Waals surface area contributed by atoms with Gasteiger partial charge in [-0.2, -0.15) is 0 Å². The van der Waals surface area contributed by atoms with Gasteiger partial charge >= 0.3 is 0 Å². The zero-order valence-corrected chi connectivity index (χ0v) is 13.3. The van der Waals surface area contributed by atoms with Crippen LogP contribution in [0.25, 0.3) is 0 Å². The van der Waals surface area contributed by atoms with Crippen LogP contribution >= 0.6 is 11.6 Å². The van der Waals surface area contributed by atoms with Crippen LogP contribution in [0, 0.1) is 0 Å².